The predicted molar refractivity (Wildman–Crippen MR) is 104 cm³/mol. The maximum atomic E-state index is 9.62. The molecule has 3 rings (SSSR count). The van der Waals surface area contributed by atoms with Crippen molar-refractivity contribution in [2.24, 2.45) is 0 Å². The lowest BCUT2D eigenvalue weighted by atomic mass is 10.1. The van der Waals surface area contributed by atoms with Crippen LogP contribution in [0.25, 0.3) is 0 Å². The summed E-state index contributed by atoms with van der Waals surface area (Å²) in [6, 6.07) is 23.2. The number of para-hydroxylation sites is 2. The number of ether oxygens (including phenoxy) is 2. The van der Waals surface area contributed by atoms with Crippen LogP contribution in [-0.2, 0) is 13.1 Å². The summed E-state index contributed by atoms with van der Waals surface area (Å²) in [4.78, 5) is 2.23. The third-order valence-corrected chi connectivity index (χ3v) is 4.32. The Balaban J connectivity index is 1.95. The molecule has 0 radical (unpaired) electrons. The zero-order valence-corrected chi connectivity index (χ0v) is 15.1. The fourth-order valence-corrected chi connectivity index (χ4v) is 2.98. The van der Waals surface area contributed by atoms with Crippen LogP contribution in [0.2, 0.25) is 0 Å². The maximum absolute atomic E-state index is 9.62. The summed E-state index contributed by atoms with van der Waals surface area (Å²) >= 11 is 0. The van der Waals surface area contributed by atoms with Crippen molar-refractivity contribution in [2.45, 2.75) is 13.1 Å². The summed E-state index contributed by atoms with van der Waals surface area (Å²) in [6.45, 7) is 1.35. The minimum absolute atomic E-state index is 0.253. The molecule has 3 aromatic rings. The molecule has 4 nitrogen and oxygen atoms in total. The summed E-state index contributed by atoms with van der Waals surface area (Å²) < 4.78 is 11.0. The van der Waals surface area contributed by atoms with Crippen LogP contribution in [0.1, 0.15) is 11.1 Å². The summed E-state index contributed by atoms with van der Waals surface area (Å²) in [6.07, 6.45) is 0. The van der Waals surface area contributed by atoms with Crippen LogP contribution >= 0.6 is 0 Å². The molecule has 26 heavy (non-hydrogen) atoms. The number of aromatic hydroxyl groups is 1. The van der Waals surface area contributed by atoms with Gasteiger partial charge in [0.15, 0.2) is 0 Å². The van der Waals surface area contributed by atoms with Crippen LogP contribution in [0.4, 0.5) is 5.69 Å². The highest BCUT2D eigenvalue weighted by Crippen LogP contribution is 2.28. The molecule has 0 atom stereocenters. The molecular formula is C22H23NO3. The van der Waals surface area contributed by atoms with Crippen LogP contribution in [0.5, 0.6) is 17.2 Å². The van der Waals surface area contributed by atoms with Crippen molar-refractivity contribution in [3.05, 3.63) is 83.9 Å². The fraction of sp³-hybridized carbons (Fsp3) is 0.182. The van der Waals surface area contributed by atoms with E-state index in [1.807, 2.05) is 48.5 Å². The molecular weight excluding hydrogens is 326 g/mol. The Bertz CT molecular complexity index is 797. The van der Waals surface area contributed by atoms with Crippen LogP contribution in [0.3, 0.4) is 0 Å². The monoisotopic (exact) mass is 349 g/mol. The van der Waals surface area contributed by atoms with Crippen molar-refractivity contribution >= 4 is 5.69 Å². The quantitative estimate of drug-likeness (QED) is 0.676. The topological polar surface area (TPSA) is 41.9 Å². The highest BCUT2D eigenvalue weighted by Gasteiger charge is 2.13. The van der Waals surface area contributed by atoms with Crippen molar-refractivity contribution in [3.63, 3.8) is 0 Å². The van der Waals surface area contributed by atoms with E-state index >= 15 is 0 Å². The first-order chi connectivity index (χ1) is 12.7. The third kappa shape index (κ3) is 4.09. The number of hydrogen-bond donors (Lipinski definition) is 1. The zero-order valence-electron chi connectivity index (χ0n) is 15.1. The Morgan fingerprint density at radius 2 is 1.15 bits per heavy atom. The van der Waals surface area contributed by atoms with Gasteiger partial charge in [0.25, 0.3) is 0 Å². The van der Waals surface area contributed by atoms with Gasteiger partial charge in [0.05, 0.1) is 14.2 Å². The van der Waals surface area contributed by atoms with E-state index in [0.29, 0.717) is 13.1 Å². The van der Waals surface area contributed by atoms with E-state index in [1.165, 1.54) is 0 Å². The first-order valence-electron chi connectivity index (χ1n) is 8.49. The molecule has 0 saturated heterocycles. The molecule has 0 saturated carbocycles. The zero-order chi connectivity index (χ0) is 18.4. The first-order valence-corrected chi connectivity index (χ1v) is 8.49. The molecule has 1 N–H and O–H groups in total. The lowest BCUT2D eigenvalue weighted by molar-refractivity contribution is 0.406. The second kappa shape index (κ2) is 8.30. The number of rotatable bonds is 7. The van der Waals surface area contributed by atoms with Crippen molar-refractivity contribution < 1.29 is 14.6 Å². The molecule has 0 aliphatic heterocycles. The van der Waals surface area contributed by atoms with E-state index in [9.17, 15) is 5.11 Å². The number of methoxy groups -OCH3 is 2. The maximum Gasteiger partial charge on any atom is 0.123 e. The first kappa shape index (κ1) is 17.7. The van der Waals surface area contributed by atoms with Gasteiger partial charge in [-0.2, -0.15) is 0 Å². The Hall–Kier alpha value is -3.14. The molecule has 134 valence electrons. The van der Waals surface area contributed by atoms with Gasteiger partial charge in [0, 0.05) is 29.9 Å². The van der Waals surface area contributed by atoms with E-state index in [1.54, 1.807) is 26.4 Å². The molecule has 0 aliphatic carbocycles. The van der Waals surface area contributed by atoms with Gasteiger partial charge in [-0.15, -0.1) is 0 Å². The smallest absolute Gasteiger partial charge is 0.123 e. The van der Waals surface area contributed by atoms with Crippen LogP contribution in [0.15, 0.2) is 72.8 Å². The Labute approximate surface area is 154 Å². The van der Waals surface area contributed by atoms with Crippen molar-refractivity contribution in [1.29, 1.82) is 0 Å². The lowest BCUT2D eigenvalue weighted by Gasteiger charge is -2.26. The molecule has 0 heterocycles. The predicted octanol–water partition coefficient (Wildman–Crippen LogP) is 4.62. The van der Waals surface area contributed by atoms with Gasteiger partial charge in [-0.1, -0.05) is 36.4 Å². The number of benzene rings is 3. The van der Waals surface area contributed by atoms with E-state index in [2.05, 4.69) is 17.0 Å². The summed E-state index contributed by atoms with van der Waals surface area (Å²) in [5, 5.41) is 9.62. The standard InChI is InChI=1S/C22H23NO3/c1-25-21-9-5-3-7-17(21)15-23(19-11-13-20(24)14-12-19)16-18-8-4-6-10-22(18)26-2/h3-14,24H,15-16H2,1-2H3. The van der Waals surface area contributed by atoms with E-state index < -0.39 is 0 Å². The van der Waals surface area contributed by atoms with Crippen LogP contribution in [0, 0.1) is 0 Å². The number of anilines is 1. The molecule has 0 bridgehead atoms. The van der Waals surface area contributed by atoms with Gasteiger partial charge in [-0.25, -0.2) is 0 Å². The summed E-state index contributed by atoms with van der Waals surface area (Å²) in [5.74, 6) is 1.97. The molecule has 0 unspecified atom stereocenters. The number of phenolic OH excluding ortho intramolecular Hbond substituents is 1. The van der Waals surface area contributed by atoms with Crippen LogP contribution in [-0.4, -0.2) is 19.3 Å². The Morgan fingerprint density at radius 3 is 1.62 bits per heavy atom. The largest absolute Gasteiger partial charge is 0.508 e. The molecule has 0 spiro atoms. The minimum Gasteiger partial charge on any atom is -0.508 e. The second-order valence-electron chi connectivity index (χ2n) is 6.00. The molecule has 0 aromatic heterocycles. The van der Waals surface area contributed by atoms with Gasteiger partial charge in [0.1, 0.15) is 17.2 Å². The van der Waals surface area contributed by atoms with Gasteiger partial charge in [-0.05, 0) is 36.4 Å². The number of hydrogen-bond acceptors (Lipinski definition) is 4. The average Bonchev–Trinajstić information content (AvgIpc) is 2.69. The minimum atomic E-state index is 0.253. The normalized spacial score (nSPS) is 10.4. The third-order valence-electron chi connectivity index (χ3n) is 4.32. The van der Waals surface area contributed by atoms with E-state index in [4.69, 9.17) is 9.47 Å². The molecule has 0 amide bonds. The fourth-order valence-electron chi connectivity index (χ4n) is 2.98. The van der Waals surface area contributed by atoms with E-state index in [0.717, 1.165) is 28.3 Å². The number of phenols is 1. The van der Waals surface area contributed by atoms with Gasteiger partial charge in [-0.3, -0.25) is 0 Å². The SMILES string of the molecule is COc1ccccc1CN(Cc1ccccc1OC)c1ccc(O)cc1. The molecule has 0 fully saturated rings. The molecule has 0 aliphatic rings. The molecule has 4 heteroatoms. The summed E-state index contributed by atoms with van der Waals surface area (Å²) in [7, 11) is 3.37. The van der Waals surface area contributed by atoms with Crippen molar-refractivity contribution in [1.82, 2.24) is 0 Å². The Morgan fingerprint density at radius 1 is 0.692 bits per heavy atom. The highest BCUT2D eigenvalue weighted by molar-refractivity contribution is 5.52. The van der Waals surface area contributed by atoms with E-state index in [-0.39, 0.29) is 5.75 Å². The summed E-state index contributed by atoms with van der Waals surface area (Å²) in [5.41, 5.74) is 3.20. The van der Waals surface area contributed by atoms with Gasteiger partial charge >= 0.3 is 0 Å². The number of nitrogens with zero attached hydrogens (tertiary/aromatic N) is 1. The molecule has 3 aromatic carbocycles. The average molecular weight is 349 g/mol. The second-order valence-corrected chi connectivity index (χ2v) is 6.00. The lowest BCUT2D eigenvalue weighted by Crippen LogP contribution is -2.22. The van der Waals surface area contributed by atoms with Gasteiger partial charge < -0.3 is 19.5 Å². The van der Waals surface area contributed by atoms with Crippen molar-refractivity contribution in [3.8, 4) is 17.2 Å². The van der Waals surface area contributed by atoms with Gasteiger partial charge in [0.2, 0.25) is 0 Å². The Kier molecular flexibility index (Phi) is 5.64. The van der Waals surface area contributed by atoms with Crippen LogP contribution < -0.4 is 14.4 Å². The highest BCUT2D eigenvalue weighted by atomic mass is 16.5. The van der Waals surface area contributed by atoms with Crippen molar-refractivity contribution in [2.75, 3.05) is 19.1 Å².